The molecule has 0 bridgehead atoms. The SMILES string of the molecule is [2H]C(c1ccccc1OCCCCCC(=O)O)N(CC(F)(F)F)C(=O)c1ccc(-c2ccco2)cc1. The van der Waals surface area contributed by atoms with Gasteiger partial charge in [-0.3, -0.25) is 9.59 Å². The molecule has 2 aromatic carbocycles. The summed E-state index contributed by atoms with van der Waals surface area (Å²) in [6, 6.07) is 15.5. The van der Waals surface area contributed by atoms with E-state index >= 15 is 0 Å². The Hall–Kier alpha value is -3.75. The number of unbranched alkanes of at least 4 members (excludes halogenated alkanes) is 2. The number of benzene rings is 2. The van der Waals surface area contributed by atoms with Gasteiger partial charge in [0.2, 0.25) is 0 Å². The summed E-state index contributed by atoms with van der Waals surface area (Å²) in [4.78, 5) is 24.2. The number of alkyl halides is 3. The summed E-state index contributed by atoms with van der Waals surface area (Å²) in [5.74, 6) is -1.08. The average molecular weight is 490 g/mol. The molecule has 1 atom stereocenters. The average Bonchev–Trinajstić information content (AvgIpc) is 3.38. The smallest absolute Gasteiger partial charge is 0.406 e. The van der Waals surface area contributed by atoms with E-state index < -0.39 is 31.1 Å². The summed E-state index contributed by atoms with van der Waals surface area (Å²) < 4.78 is 59.8. The Kier molecular flexibility index (Phi) is 8.43. The normalized spacial score (nSPS) is 12.6. The highest BCUT2D eigenvalue weighted by atomic mass is 19.4. The molecule has 0 saturated carbocycles. The molecule has 0 aliphatic rings. The van der Waals surface area contributed by atoms with Crippen molar-refractivity contribution in [2.24, 2.45) is 0 Å². The fraction of sp³-hybridized carbons (Fsp3) is 0.308. The van der Waals surface area contributed by atoms with E-state index in [1.807, 2.05) is 0 Å². The highest BCUT2D eigenvalue weighted by molar-refractivity contribution is 5.94. The number of furan rings is 1. The van der Waals surface area contributed by atoms with Gasteiger partial charge in [-0.05, 0) is 49.6 Å². The van der Waals surface area contributed by atoms with Crippen molar-refractivity contribution >= 4 is 11.9 Å². The molecule has 0 spiro atoms. The molecule has 1 unspecified atom stereocenters. The first-order valence-electron chi connectivity index (χ1n) is 11.6. The van der Waals surface area contributed by atoms with Crippen molar-refractivity contribution < 1.29 is 38.4 Å². The summed E-state index contributed by atoms with van der Waals surface area (Å²) in [6.07, 6.45) is -1.57. The van der Waals surface area contributed by atoms with Crippen LogP contribution in [0.4, 0.5) is 13.2 Å². The monoisotopic (exact) mass is 490 g/mol. The largest absolute Gasteiger partial charge is 0.493 e. The second kappa shape index (κ2) is 12.1. The van der Waals surface area contributed by atoms with Crippen LogP contribution >= 0.6 is 0 Å². The Balaban J connectivity index is 1.77. The van der Waals surface area contributed by atoms with Crippen LogP contribution in [0, 0.1) is 0 Å². The molecule has 1 heterocycles. The number of carbonyl (C=O) groups excluding carboxylic acids is 1. The van der Waals surface area contributed by atoms with Crippen molar-refractivity contribution in [3.63, 3.8) is 0 Å². The molecule has 0 fully saturated rings. The first kappa shape index (κ1) is 24.4. The number of hydrogen-bond donors (Lipinski definition) is 1. The number of aliphatic carboxylic acids is 1. The molecule has 3 aromatic rings. The second-order valence-corrected chi connectivity index (χ2v) is 7.82. The summed E-state index contributed by atoms with van der Waals surface area (Å²) in [7, 11) is 0. The molecule has 0 radical (unpaired) electrons. The lowest BCUT2D eigenvalue weighted by atomic mass is 10.1. The van der Waals surface area contributed by atoms with Crippen LogP contribution in [0.5, 0.6) is 5.75 Å². The molecular weight excluding hydrogens is 463 g/mol. The molecule has 0 aliphatic carbocycles. The van der Waals surface area contributed by atoms with Gasteiger partial charge in [0.1, 0.15) is 18.1 Å². The number of nitrogens with zero attached hydrogens (tertiary/aromatic N) is 1. The minimum Gasteiger partial charge on any atom is -0.493 e. The molecule has 6 nitrogen and oxygen atoms in total. The third-order valence-corrected chi connectivity index (χ3v) is 5.05. The fourth-order valence-corrected chi connectivity index (χ4v) is 3.38. The van der Waals surface area contributed by atoms with Gasteiger partial charge in [0.25, 0.3) is 5.91 Å². The minimum atomic E-state index is -4.72. The molecule has 35 heavy (non-hydrogen) atoms. The number of halogens is 3. The van der Waals surface area contributed by atoms with E-state index in [1.165, 1.54) is 30.5 Å². The zero-order chi connectivity index (χ0) is 26.1. The number of hydrogen-bond acceptors (Lipinski definition) is 4. The van der Waals surface area contributed by atoms with Gasteiger partial charge in [-0.15, -0.1) is 0 Å². The van der Waals surface area contributed by atoms with Crippen LogP contribution in [-0.4, -0.2) is 41.2 Å². The summed E-state index contributed by atoms with van der Waals surface area (Å²) >= 11 is 0. The molecule has 1 N–H and O–H groups in total. The molecule has 1 amide bonds. The fourth-order valence-electron chi connectivity index (χ4n) is 3.38. The van der Waals surface area contributed by atoms with E-state index in [-0.39, 0.29) is 29.9 Å². The van der Waals surface area contributed by atoms with Crippen LogP contribution < -0.4 is 4.74 Å². The van der Waals surface area contributed by atoms with Crippen molar-refractivity contribution in [3.05, 3.63) is 78.1 Å². The highest BCUT2D eigenvalue weighted by Gasteiger charge is 2.34. The van der Waals surface area contributed by atoms with Crippen molar-refractivity contribution in [1.29, 1.82) is 0 Å². The van der Waals surface area contributed by atoms with E-state index in [9.17, 15) is 22.8 Å². The minimum absolute atomic E-state index is 0.00337. The Labute approximate surface area is 202 Å². The lowest BCUT2D eigenvalue weighted by Gasteiger charge is -2.25. The zero-order valence-corrected chi connectivity index (χ0v) is 18.8. The molecule has 9 heteroatoms. The van der Waals surface area contributed by atoms with Crippen LogP contribution in [0.15, 0.2) is 71.3 Å². The van der Waals surface area contributed by atoms with Crippen LogP contribution in [0.1, 0.15) is 43.0 Å². The Morgan fingerprint density at radius 3 is 2.40 bits per heavy atom. The molecule has 1 aromatic heterocycles. The number of carboxylic acid groups (broad SMARTS) is 1. The number of amides is 1. The van der Waals surface area contributed by atoms with Crippen molar-refractivity contribution in [1.82, 2.24) is 4.90 Å². The number of rotatable bonds is 12. The topological polar surface area (TPSA) is 80.0 Å². The lowest BCUT2D eigenvalue weighted by molar-refractivity contribution is -0.141. The number of ether oxygens (including phenoxy) is 1. The molecular formula is C26H26F3NO5. The van der Waals surface area contributed by atoms with E-state index in [0.717, 1.165) is 0 Å². The maximum Gasteiger partial charge on any atom is 0.406 e. The Morgan fingerprint density at radius 2 is 1.74 bits per heavy atom. The number of carbonyl (C=O) groups is 2. The van der Waals surface area contributed by atoms with Crippen LogP contribution in [0.3, 0.4) is 0 Å². The van der Waals surface area contributed by atoms with Gasteiger partial charge in [-0.1, -0.05) is 30.3 Å². The van der Waals surface area contributed by atoms with Gasteiger partial charge < -0.3 is 19.2 Å². The van der Waals surface area contributed by atoms with Crippen molar-refractivity contribution in [2.75, 3.05) is 13.2 Å². The second-order valence-electron chi connectivity index (χ2n) is 7.82. The van der Waals surface area contributed by atoms with Crippen molar-refractivity contribution in [3.8, 4) is 17.1 Å². The first-order valence-corrected chi connectivity index (χ1v) is 11.0. The Bertz CT molecular complexity index is 1130. The van der Waals surface area contributed by atoms with Gasteiger partial charge >= 0.3 is 12.1 Å². The van der Waals surface area contributed by atoms with Crippen molar-refractivity contribution in [2.45, 2.75) is 38.4 Å². The standard InChI is InChI=1S/C26H26F3NO5/c27-26(28,29)18-30(25(33)20-13-11-19(12-14-20)22-9-6-16-35-22)17-21-7-3-4-8-23(21)34-15-5-1-2-10-24(31)32/h3-4,6-9,11-14,16H,1-2,5,10,15,17-18H2,(H,31,32)/i17D. The number of carboxylic acids is 1. The van der Waals surface area contributed by atoms with E-state index in [1.54, 1.807) is 36.4 Å². The third-order valence-electron chi connectivity index (χ3n) is 5.05. The maximum absolute atomic E-state index is 13.4. The predicted molar refractivity (Wildman–Crippen MR) is 123 cm³/mol. The molecule has 186 valence electrons. The number of para-hydroxylation sites is 1. The van der Waals surface area contributed by atoms with Gasteiger partial charge in [0, 0.05) is 29.6 Å². The lowest BCUT2D eigenvalue weighted by Crippen LogP contribution is -2.38. The van der Waals surface area contributed by atoms with Gasteiger partial charge in [-0.25, -0.2) is 0 Å². The van der Waals surface area contributed by atoms with E-state index in [0.29, 0.717) is 35.5 Å². The Morgan fingerprint density at radius 1 is 1.00 bits per heavy atom. The third kappa shape index (κ3) is 8.20. The quantitative estimate of drug-likeness (QED) is 0.307. The van der Waals surface area contributed by atoms with Crippen LogP contribution in [0.2, 0.25) is 0 Å². The molecule has 0 aliphatic heterocycles. The maximum atomic E-state index is 13.4. The van der Waals surface area contributed by atoms with Gasteiger partial charge in [0.15, 0.2) is 0 Å². The van der Waals surface area contributed by atoms with Gasteiger partial charge in [0.05, 0.1) is 14.2 Å². The van der Waals surface area contributed by atoms with E-state index in [2.05, 4.69) is 0 Å². The predicted octanol–water partition coefficient (Wildman–Crippen LogP) is 6.18. The molecule has 0 saturated heterocycles. The summed E-state index contributed by atoms with van der Waals surface area (Å²) in [5.41, 5.74) is 0.778. The first-order chi connectivity index (χ1) is 17.2. The summed E-state index contributed by atoms with van der Waals surface area (Å²) in [5, 5.41) is 8.69. The van der Waals surface area contributed by atoms with Crippen LogP contribution in [-0.2, 0) is 11.3 Å². The van der Waals surface area contributed by atoms with E-state index in [4.69, 9.17) is 15.6 Å². The highest BCUT2D eigenvalue weighted by Crippen LogP contribution is 2.26. The van der Waals surface area contributed by atoms with Crippen LogP contribution in [0.25, 0.3) is 11.3 Å². The zero-order valence-electron chi connectivity index (χ0n) is 19.8. The summed E-state index contributed by atoms with van der Waals surface area (Å²) in [6.45, 7) is -3.08. The molecule has 3 rings (SSSR count). The van der Waals surface area contributed by atoms with Gasteiger partial charge in [-0.2, -0.15) is 13.2 Å².